The molecular weight excluding hydrogens is 166 g/mol. The van der Waals surface area contributed by atoms with E-state index in [4.69, 9.17) is 5.11 Å². The van der Waals surface area contributed by atoms with Crippen LogP contribution in [-0.2, 0) is 4.79 Å². The van der Waals surface area contributed by atoms with Gasteiger partial charge in [0.2, 0.25) is 0 Å². The molecule has 13 heavy (non-hydrogen) atoms. The molecule has 0 atom stereocenters. The molecule has 1 aliphatic carbocycles. The van der Waals surface area contributed by atoms with Crippen molar-refractivity contribution in [3.05, 3.63) is 29.7 Å². The molecule has 0 unspecified atom stereocenters. The van der Waals surface area contributed by atoms with Gasteiger partial charge in [-0.05, 0) is 12.2 Å². The Hall–Kier alpha value is -1.31. The van der Waals surface area contributed by atoms with Gasteiger partial charge in [0, 0.05) is 12.5 Å². The molecule has 1 N–H and O–H groups in total. The second-order valence-electron chi connectivity index (χ2n) is 3.64. The van der Waals surface area contributed by atoms with Crippen LogP contribution in [0.25, 0.3) is 0 Å². The van der Waals surface area contributed by atoms with Crippen molar-refractivity contribution in [3.8, 4) is 0 Å². The molecule has 0 aromatic rings. The Morgan fingerprint density at radius 2 is 2.38 bits per heavy atom. The zero-order chi connectivity index (χ0) is 9.90. The van der Waals surface area contributed by atoms with Crippen LogP contribution >= 0.6 is 0 Å². The molecular formula is C10H14NO2+. The summed E-state index contributed by atoms with van der Waals surface area (Å²) in [5.74, 6) is -0.774. The Kier molecular flexibility index (Phi) is 2.71. The largest absolute Gasteiger partial charge is 0.477 e. The van der Waals surface area contributed by atoms with Crippen LogP contribution in [0.5, 0.6) is 0 Å². The summed E-state index contributed by atoms with van der Waals surface area (Å²) in [6, 6.07) is 0. The number of quaternary nitrogens is 1. The number of allylic oxidation sites excluding steroid dienone is 2. The Bertz CT molecular complexity index is 307. The molecule has 0 heterocycles. The maximum Gasteiger partial charge on any atom is 0.359 e. The van der Waals surface area contributed by atoms with Gasteiger partial charge in [0.25, 0.3) is 0 Å². The first-order valence-electron chi connectivity index (χ1n) is 4.18. The third-order valence-corrected chi connectivity index (χ3v) is 2.11. The van der Waals surface area contributed by atoms with E-state index in [0.29, 0.717) is 4.48 Å². The van der Waals surface area contributed by atoms with Gasteiger partial charge in [0.1, 0.15) is 5.70 Å². The van der Waals surface area contributed by atoms with Crippen molar-refractivity contribution in [2.75, 3.05) is 20.6 Å². The highest BCUT2D eigenvalue weighted by molar-refractivity contribution is 5.68. The van der Waals surface area contributed by atoms with Gasteiger partial charge in [-0.15, -0.1) is 5.73 Å². The van der Waals surface area contributed by atoms with Crippen LogP contribution in [0.3, 0.4) is 0 Å². The van der Waals surface area contributed by atoms with Gasteiger partial charge >= 0.3 is 5.97 Å². The standard InChI is InChI=1S/C10H13NO2/c1-11(2,8-10(12)13)9-6-4-3-5-7-9/h4-6H,7-8H2,1-2H3/p+1. The molecule has 3 nitrogen and oxygen atoms in total. The van der Waals surface area contributed by atoms with E-state index in [1.54, 1.807) is 0 Å². The number of rotatable bonds is 3. The van der Waals surface area contributed by atoms with E-state index >= 15 is 0 Å². The smallest absolute Gasteiger partial charge is 0.359 e. The third kappa shape index (κ3) is 2.58. The molecule has 0 radical (unpaired) electrons. The Morgan fingerprint density at radius 1 is 1.69 bits per heavy atom. The number of carbonyl (C=O) groups is 1. The Labute approximate surface area is 77.9 Å². The quantitative estimate of drug-likeness (QED) is 0.522. The van der Waals surface area contributed by atoms with Crippen LogP contribution in [0.15, 0.2) is 29.7 Å². The fourth-order valence-corrected chi connectivity index (χ4v) is 1.33. The zero-order valence-corrected chi connectivity index (χ0v) is 7.95. The first-order chi connectivity index (χ1) is 6.02. The maximum absolute atomic E-state index is 10.6. The van der Waals surface area contributed by atoms with Crippen LogP contribution < -0.4 is 0 Å². The van der Waals surface area contributed by atoms with Crippen molar-refractivity contribution < 1.29 is 14.4 Å². The maximum atomic E-state index is 10.6. The van der Waals surface area contributed by atoms with Crippen LogP contribution in [0.1, 0.15) is 6.42 Å². The van der Waals surface area contributed by atoms with Gasteiger partial charge in [-0.1, -0.05) is 0 Å². The van der Waals surface area contributed by atoms with Crippen molar-refractivity contribution in [3.63, 3.8) is 0 Å². The van der Waals surface area contributed by atoms with E-state index < -0.39 is 5.97 Å². The highest BCUT2D eigenvalue weighted by Gasteiger charge is 2.24. The van der Waals surface area contributed by atoms with Gasteiger partial charge in [-0.2, -0.15) is 0 Å². The molecule has 0 spiro atoms. The monoisotopic (exact) mass is 180 g/mol. The summed E-state index contributed by atoms with van der Waals surface area (Å²) in [7, 11) is 3.79. The molecule has 0 aromatic carbocycles. The van der Waals surface area contributed by atoms with Gasteiger partial charge in [0.05, 0.1) is 14.1 Å². The number of likely N-dealkylation sites (N-methyl/N-ethyl adjacent to an activating group) is 1. The second-order valence-corrected chi connectivity index (χ2v) is 3.64. The number of hydrogen-bond donors (Lipinski definition) is 1. The van der Waals surface area contributed by atoms with Gasteiger partial charge in [-0.25, -0.2) is 4.79 Å². The summed E-state index contributed by atoms with van der Waals surface area (Å²) in [6.45, 7) is 0.119. The van der Waals surface area contributed by atoms with E-state index in [-0.39, 0.29) is 6.54 Å². The fraction of sp³-hybridized carbons (Fsp3) is 0.400. The summed E-state index contributed by atoms with van der Waals surface area (Å²) in [5, 5.41) is 8.70. The zero-order valence-electron chi connectivity index (χ0n) is 7.95. The third-order valence-electron chi connectivity index (χ3n) is 2.11. The highest BCUT2D eigenvalue weighted by atomic mass is 16.4. The average molecular weight is 180 g/mol. The van der Waals surface area contributed by atoms with E-state index in [1.165, 1.54) is 0 Å². The van der Waals surface area contributed by atoms with E-state index in [1.807, 2.05) is 32.3 Å². The lowest BCUT2D eigenvalue weighted by molar-refractivity contribution is -0.845. The van der Waals surface area contributed by atoms with Gasteiger partial charge in [0.15, 0.2) is 6.54 Å². The molecule has 0 aromatic heterocycles. The molecule has 0 saturated heterocycles. The lowest BCUT2D eigenvalue weighted by atomic mass is 10.2. The summed E-state index contributed by atoms with van der Waals surface area (Å²) in [5.41, 5.74) is 4.05. The topological polar surface area (TPSA) is 37.3 Å². The second kappa shape index (κ2) is 3.60. The van der Waals surface area contributed by atoms with E-state index in [2.05, 4.69) is 5.73 Å². The fourth-order valence-electron chi connectivity index (χ4n) is 1.33. The summed E-state index contributed by atoms with van der Waals surface area (Å²) >= 11 is 0. The van der Waals surface area contributed by atoms with Crippen LogP contribution in [0.2, 0.25) is 0 Å². The molecule has 70 valence electrons. The molecule has 0 fully saturated rings. The number of hydrogen-bond acceptors (Lipinski definition) is 1. The lowest BCUT2D eigenvalue weighted by Gasteiger charge is -2.29. The first kappa shape index (κ1) is 9.78. The number of nitrogens with zero attached hydrogens (tertiary/aromatic N) is 1. The van der Waals surface area contributed by atoms with Crippen molar-refractivity contribution in [2.24, 2.45) is 0 Å². The normalized spacial score (nSPS) is 15.7. The van der Waals surface area contributed by atoms with Crippen molar-refractivity contribution >= 4 is 5.97 Å². The average Bonchev–Trinajstić information content (AvgIpc) is 2.04. The Balaban J connectivity index is 2.75. The van der Waals surface area contributed by atoms with Crippen LogP contribution in [-0.4, -0.2) is 36.2 Å². The highest BCUT2D eigenvalue weighted by Crippen LogP contribution is 2.17. The summed E-state index contributed by atoms with van der Waals surface area (Å²) in [6.07, 6.45) is 6.46. The van der Waals surface area contributed by atoms with Crippen LogP contribution in [0, 0.1) is 0 Å². The minimum absolute atomic E-state index is 0.119. The van der Waals surface area contributed by atoms with Crippen LogP contribution in [0.4, 0.5) is 0 Å². The number of carboxylic acid groups (broad SMARTS) is 1. The summed E-state index contributed by atoms with van der Waals surface area (Å²) < 4.78 is 0.407. The number of aliphatic carboxylic acids is 1. The molecule has 0 amide bonds. The molecule has 1 aliphatic rings. The molecule has 1 rings (SSSR count). The molecule has 0 bridgehead atoms. The van der Waals surface area contributed by atoms with Gasteiger partial charge < -0.3 is 5.11 Å². The van der Waals surface area contributed by atoms with E-state index in [9.17, 15) is 4.79 Å². The van der Waals surface area contributed by atoms with Crippen molar-refractivity contribution in [1.82, 2.24) is 0 Å². The van der Waals surface area contributed by atoms with E-state index in [0.717, 1.165) is 12.1 Å². The molecule has 3 heteroatoms. The predicted octanol–water partition coefficient (Wildman–Crippen LogP) is 1.15. The van der Waals surface area contributed by atoms with Crippen molar-refractivity contribution in [2.45, 2.75) is 6.42 Å². The SMILES string of the molecule is C[N+](C)(CC(=O)O)C1=CC=C=CC1. The Morgan fingerprint density at radius 3 is 2.85 bits per heavy atom. The molecule has 0 saturated carbocycles. The predicted molar refractivity (Wildman–Crippen MR) is 50.0 cm³/mol. The lowest BCUT2D eigenvalue weighted by Crippen LogP contribution is -2.42. The van der Waals surface area contributed by atoms with Crippen molar-refractivity contribution in [1.29, 1.82) is 0 Å². The first-order valence-corrected chi connectivity index (χ1v) is 4.18. The minimum Gasteiger partial charge on any atom is -0.477 e. The minimum atomic E-state index is -0.774. The summed E-state index contributed by atoms with van der Waals surface area (Å²) in [4.78, 5) is 10.6. The van der Waals surface area contributed by atoms with Gasteiger partial charge in [-0.3, -0.25) is 4.48 Å². The molecule has 0 aliphatic heterocycles. The number of carboxylic acids is 1.